The molecule has 208 valence electrons. The number of pyridine rings is 1. The van der Waals surface area contributed by atoms with E-state index in [1.54, 1.807) is 61.8 Å². The number of aromatic nitrogens is 3. The van der Waals surface area contributed by atoms with Gasteiger partial charge in [-0.25, -0.2) is 9.37 Å². The molecule has 41 heavy (non-hydrogen) atoms. The number of fused-ring (bicyclic) bond motifs is 1. The summed E-state index contributed by atoms with van der Waals surface area (Å²) in [6.07, 6.45) is 0. The Labute approximate surface area is 237 Å². The lowest BCUT2D eigenvalue weighted by Gasteiger charge is -2.16. The molecule has 0 saturated carbocycles. The first-order chi connectivity index (χ1) is 19.6. The molecule has 0 spiro atoms. The molecule has 3 heterocycles. The third-order valence-corrected chi connectivity index (χ3v) is 7.44. The van der Waals surface area contributed by atoms with Crippen molar-refractivity contribution in [3.8, 4) is 11.3 Å². The summed E-state index contributed by atoms with van der Waals surface area (Å²) in [6.45, 7) is 1.64. The largest absolute Gasteiger partial charge is 0.366 e. The van der Waals surface area contributed by atoms with Gasteiger partial charge in [0.15, 0.2) is 0 Å². The van der Waals surface area contributed by atoms with Crippen LogP contribution in [0.25, 0.3) is 22.2 Å². The highest BCUT2D eigenvalue weighted by molar-refractivity contribution is 7.09. The summed E-state index contributed by atoms with van der Waals surface area (Å²) in [6, 6.07) is 14.9. The second kappa shape index (κ2) is 11.3. The van der Waals surface area contributed by atoms with Gasteiger partial charge in [-0.05, 0) is 68.1 Å². The van der Waals surface area contributed by atoms with E-state index in [1.807, 2.05) is 0 Å². The number of anilines is 1. The average Bonchev–Trinajstić information content (AvgIpc) is 3.61. The van der Waals surface area contributed by atoms with E-state index in [0.29, 0.717) is 27.2 Å². The number of nitrogens with zero attached hydrogens (tertiary/aromatic N) is 2. The van der Waals surface area contributed by atoms with E-state index >= 15 is 0 Å². The first-order valence-electron chi connectivity index (χ1n) is 12.5. The fraction of sp³-hybridized carbons (Fsp3) is 0.138. The lowest BCUT2D eigenvalue weighted by atomic mass is 10.1. The first kappa shape index (κ1) is 27.6. The van der Waals surface area contributed by atoms with Gasteiger partial charge in [0.05, 0.1) is 24.0 Å². The zero-order valence-electron chi connectivity index (χ0n) is 22.0. The number of rotatable bonds is 9. The molecule has 0 fully saturated rings. The van der Waals surface area contributed by atoms with Crippen LogP contribution in [0.5, 0.6) is 0 Å². The number of aromatic amines is 1. The highest BCUT2D eigenvalue weighted by Crippen LogP contribution is 2.24. The van der Waals surface area contributed by atoms with Crippen LogP contribution in [0.15, 0.2) is 70.8 Å². The molecule has 0 aliphatic carbocycles. The SMILES string of the molecule is CN[C@@H](C)C(=O)Nc1ccc(-c2cccc(C(N)=O)c2)n(Cc2nc(C(=O)c3cc4cc(F)ccc4[nH]3)cs2)c1=O. The van der Waals surface area contributed by atoms with Gasteiger partial charge >= 0.3 is 0 Å². The summed E-state index contributed by atoms with van der Waals surface area (Å²) >= 11 is 1.19. The van der Waals surface area contributed by atoms with Crippen LogP contribution in [0, 0.1) is 5.82 Å². The van der Waals surface area contributed by atoms with Crippen LogP contribution >= 0.6 is 11.3 Å². The van der Waals surface area contributed by atoms with Gasteiger partial charge < -0.3 is 21.4 Å². The van der Waals surface area contributed by atoms with Crippen molar-refractivity contribution in [2.45, 2.75) is 19.5 Å². The number of primary amides is 1. The Kier molecular flexibility index (Phi) is 7.60. The Morgan fingerprint density at radius 1 is 1.12 bits per heavy atom. The summed E-state index contributed by atoms with van der Waals surface area (Å²) < 4.78 is 15.0. The fourth-order valence-electron chi connectivity index (χ4n) is 4.27. The molecule has 2 amide bonds. The highest BCUT2D eigenvalue weighted by Gasteiger charge is 2.20. The van der Waals surface area contributed by atoms with Crippen molar-refractivity contribution >= 4 is 45.5 Å². The number of thiazole rings is 1. The molecular formula is C29H25FN6O4S. The highest BCUT2D eigenvalue weighted by atomic mass is 32.1. The van der Waals surface area contributed by atoms with Gasteiger partial charge in [-0.15, -0.1) is 11.3 Å². The number of likely N-dealkylation sites (N-methyl/N-ethyl adjacent to an activating group) is 1. The maximum atomic E-state index is 13.6. The first-order valence-corrected chi connectivity index (χ1v) is 13.4. The number of hydrogen-bond acceptors (Lipinski definition) is 7. The Morgan fingerprint density at radius 3 is 2.68 bits per heavy atom. The van der Waals surface area contributed by atoms with E-state index in [9.17, 15) is 23.6 Å². The molecule has 10 nitrogen and oxygen atoms in total. The van der Waals surface area contributed by atoms with Gasteiger partial charge in [0.25, 0.3) is 5.56 Å². The van der Waals surface area contributed by atoms with Crippen molar-refractivity contribution in [3.63, 3.8) is 0 Å². The minimum absolute atomic E-state index is 0.0177. The lowest BCUT2D eigenvalue weighted by molar-refractivity contribution is -0.117. The summed E-state index contributed by atoms with van der Waals surface area (Å²) in [5.41, 5.74) is 7.34. The van der Waals surface area contributed by atoms with E-state index in [-0.39, 0.29) is 40.9 Å². The van der Waals surface area contributed by atoms with Gasteiger partial charge in [0.2, 0.25) is 17.6 Å². The maximum Gasteiger partial charge on any atom is 0.275 e. The second-order valence-electron chi connectivity index (χ2n) is 9.34. The zero-order valence-corrected chi connectivity index (χ0v) is 22.8. The number of nitrogens with one attached hydrogen (secondary N) is 3. The fourth-order valence-corrected chi connectivity index (χ4v) is 5.04. The smallest absolute Gasteiger partial charge is 0.275 e. The minimum Gasteiger partial charge on any atom is -0.366 e. The molecular weight excluding hydrogens is 547 g/mol. The van der Waals surface area contributed by atoms with E-state index < -0.39 is 23.3 Å². The summed E-state index contributed by atoms with van der Waals surface area (Å²) in [5, 5.41) is 8.07. The van der Waals surface area contributed by atoms with Crippen LogP contribution < -0.4 is 21.9 Å². The van der Waals surface area contributed by atoms with Crippen molar-refractivity contribution < 1.29 is 18.8 Å². The van der Waals surface area contributed by atoms with E-state index in [1.165, 1.54) is 34.1 Å². The Morgan fingerprint density at radius 2 is 1.93 bits per heavy atom. The van der Waals surface area contributed by atoms with Crippen LogP contribution in [0.2, 0.25) is 0 Å². The number of carbonyl (C=O) groups is 3. The molecule has 0 bridgehead atoms. The third-order valence-electron chi connectivity index (χ3n) is 6.61. The molecule has 0 aliphatic rings. The van der Waals surface area contributed by atoms with Crippen LogP contribution in [-0.2, 0) is 11.3 Å². The predicted molar refractivity (Wildman–Crippen MR) is 155 cm³/mol. The summed E-state index contributed by atoms with van der Waals surface area (Å²) in [5.74, 6) is -1.80. The number of nitrogens with two attached hydrogens (primary N) is 1. The van der Waals surface area contributed by atoms with Crippen molar-refractivity contribution in [1.82, 2.24) is 19.9 Å². The standard InChI is InChI=1S/C29H25FN6O4S/c1-15(32-2)28(39)35-21-8-9-24(16-4-3-5-17(10-16)27(31)38)36(29(21)40)13-25-34-23(14-41-25)26(37)22-12-18-11-19(30)6-7-20(18)33-22/h3-12,14-15,32-33H,13H2,1-2H3,(H2,31,38)(H,35,39)/t15-/m0/s1. The van der Waals surface area contributed by atoms with Crippen molar-refractivity contribution in [1.29, 1.82) is 0 Å². The number of ketones is 1. The molecule has 5 rings (SSSR count). The van der Waals surface area contributed by atoms with Crippen molar-refractivity contribution in [2.75, 3.05) is 12.4 Å². The van der Waals surface area contributed by atoms with Gasteiger partial charge in [0.1, 0.15) is 22.2 Å². The molecule has 1 atom stereocenters. The van der Waals surface area contributed by atoms with Gasteiger partial charge in [-0.2, -0.15) is 0 Å². The predicted octanol–water partition coefficient (Wildman–Crippen LogP) is 3.52. The van der Waals surface area contributed by atoms with E-state index in [0.717, 1.165) is 0 Å². The molecule has 5 aromatic rings. The number of halogens is 1. The second-order valence-corrected chi connectivity index (χ2v) is 10.3. The lowest BCUT2D eigenvalue weighted by Crippen LogP contribution is -2.37. The Bertz CT molecular complexity index is 1870. The molecule has 0 saturated heterocycles. The van der Waals surface area contributed by atoms with Gasteiger partial charge in [0, 0.05) is 21.8 Å². The number of carbonyl (C=O) groups excluding carboxylic acids is 3. The van der Waals surface area contributed by atoms with Gasteiger partial charge in [-0.1, -0.05) is 12.1 Å². The van der Waals surface area contributed by atoms with Crippen LogP contribution in [-0.4, -0.2) is 45.2 Å². The zero-order chi connectivity index (χ0) is 29.3. The summed E-state index contributed by atoms with van der Waals surface area (Å²) in [4.78, 5) is 58.5. The number of amides is 2. The van der Waals surface area contributed by atoms with Crippen molar-refractivity contribution in [2.24, 2.45) is 5.73 Å². The van der Waals surface area contributed by atoms with E-state index in [2.05, 4.69) is 20.6 Å². The molecule has 5 N–H and O–H groups in total. The van der Waals surface area contributed by atoms with E-state index in [4.69, 9.17) is 5.73 Å². The van der Waals surface area contributed by atoms with Crippen molar-refractivity contribution in [3.05, 3.63) is 104 Å². The minimum atomic E-state index is -0.617. The number of benzene rings is 2. The molecule has 0 unspecified atom stereocenters. The monoisotopic (exact) mass is 572 g/mol. The van der Waals surface area contributed by atoms with Gasteiger partial charge in [-0.3, -0.25) is 23.7 Å². The molecule has 12 heteroatoms. The molecule has 3 aromatic heterocycles. The Hall–Kier alpha value is -4.94. The normalized spacial score (nSPS) is 11.9. The third kappa shape index (κ3) is 5.69. The molecule has 2 aromatic carbocycles. The van der Waals surface area contributed by atoms with Crippen LogP contribution in [0.1, 0.15) is 38.5 Å². The van der Waals surface area contributed by atoms with Crippen LogP contribution in [0.4, 0.5) is 10.1 Å². The summed E-state index contributed by atoms with van der Waals surface area (Å²) in [7, 11) is 1.63. The molecule has 0 aliphatic heterocycles. The Balaban J connectivity index is 1.51. The molecule has 0 radical (unpaired) electrons. The number of H-pyrrole nitrogens is 1. The average molecular weight is 573 g/mol. The topological polar surface area (TPSA) is 152 Å². The van der Waals surface area contributed by atoms with Crippen LogP contribution in [0.3, 0.4) is 0 Å². The quantitative estimate of drug-likeness (QED) is 0.198. The number of hydrogen-bond donors (Lipinski definition) is 4. The maximum absolute atomic E-state index is 13.6.